The molecule has 0 bridgehead atoms. The second-order valence-electron chi connectivity index (χ2n) is 2.05. The van der Waals surface area contributed by atoms with Crippen LogP contribution >= 0.6 is 23.1 Å². The van der Waals surface area contributed by atoms with Crippen molar-refractivity contribution in [3.63, 3.8) is 0 Å². The highest BCUT2D eigenvalue weighted by molar-refractivity contribution is 8.03. The van der Waals surface area contributed by atoms with Crippen LogP contribution in [0.5, 0.6) is 0 Å². The lowest BCUT2D eigenvalue weighted by Gasteiger charge is -2.09. The van der Waals surface area contributed by atoms with Crippen molar-refractivity contribution in [2.75, 3.05) is 0 Å². The van der Waals surface area contributed by atoms with E-state index in [1.165, 1.54) is 4.21 Å². The molecule has 52 valence electrons. The predicted molar refractivity (Wildman–Crippen MR) is 44.3 cm³/mol. The van der Waals surface area contributed by atoms with E-state index in [0.29, 0.717) is 0 Å². The molecule has 1 aliphatic heterocycles. The van der Waals surface area contributed by atoms with E-state index in [9.17, 15) is 5.11 Å². The van der Waals surface area contributed by atoms with Crippen LogP contribution in [0.25, 0.3) is 0 Å². The van der Waals surface area contributed by atoms with Gasteiger partial charge < -0.3 is 5.11 Å². The van der Waals surface area contributed by atoms with Crippen molar-refractivity contribution in [3.05, 3.63) is 28.5 Å². The van der Waals surface area contributed by atoms with Crippen molar-refractivity contribution in [1.82, 2.24) is 0 Å². The van der Waals surface area contributed by atoms with Crippen molar-refractivity contribution in [2.24, 2.45) is 0 Å². The minimum Gasteiger partial charge on any atom is -0.384 e. The first-order valence-corrected chi connectivity index (χ1v) is 4.72. The molecule has 2 rings (SSSR count). The Morgan fingerprint density at radius 1 is 1.50 bits per heavy atom. The molecule has 0 aliphatic carbocycles. The molecule has 2 heterocycles. The molecule has 0 amide bonds. The standard InChI is InChI=1S/C7H6OS2/c8-6-2-4-10-7-5(6)1-3-9-7/h1-4,6,8H. The molecule has 1 nitrogen and oxygen atoms in total. The first-order valence-electron chi connectivity index (χ1n) is 2.97. The van der Waals surface area contributed by atoms with Gasteiger partial charge in [-0.2, -0.15) is 0 Å². The molecule has 0 saturated heterocycles. The van der Waals surface area contributed by atoms with Crippen molar-refractivity contribution in [3.8, 4) is 0 Å². The molecule has 0 spiro atoms. The summed E-state index contributed by atoms with van der Waals surface area (Å²) in [5.74, 6) is 0. The summed E-state index contributed by atoms with van der Waals surface area (Å²) in [6, 6.07) is 1.97. The first kappa shape index (κ1) is 6.46. The Bertz CT molecular complexity index is 264. The van der Waals surface area contributed by atoms with Gasteiger partial charge in [0.1, 0.15) is 0 Å². The lowest BCUT2D eigenvalue weighted by Crippen LogP contribution is -1.93. The fourth-order valence-corrected chi connectivity index (χ4v) is 2.79. The van der Waals surface area contributed by atoms with Crippen LogP contribution in [-0.2, 0) is 0 Å². The Hall–Kier alpha value is -0.250. The van der Waals surface area contributed by atoms with E-state index >= 15 is 0 Å². The second-order valence-corrected chi connectivity index (χ2v) is 4.15. The molecule has 3 heteroatoms. The van der Waals surface area contributed by atoms with Crippen LogP contribution < -0.4 is 0 Å². The fraction of sp³-hybridized carbons (Fsp3) is 0.143. The number of thioether (sulfide) groups is 1. The molecular formula is C7H6OS2. The zero-order valence-electron chi connectivity index (χ0n) is 5.15. The Labute approximate surface area is 67.4 Å². The minimum absolute atomic E-state index is 0.373. The molecule has 0 fully saturated rings. The molecule has 1 unspecified atom stereocenters. The lowest BCUT2D eigenvalue weighted by molar-refractivity contribution is 0.226. The smallest absolute Gasteiger partial charge is 0.0999 e. The lowest BCUT2D eigenvalue weighted by atomic mass is 10.2. The van der Waals surface area contributed by atoms with Crippen LogP contribution in [0.3, 0.4) is 0 Å². The number of thiophene rings is 1. The number of hydrogen-bond acceptors (Lipinski definition) is 3. The van der Waals surface area contributed by atoms with E-state index in [-0.39, 0.29) is 6.10 Å². The molecule has 1 aliphatic rings. The first-order chi connectivity index (χ1) is 4.88. The van der Waals surface area contributed by atoms with Crippen LogP contribution in [0.15, 0.2) is 27.1 Å². The normalized spacial score (nSPS) is 22.7. The Kier molecular flexibility index (Phi) is 1.56. The molecule has 0 radical (unpaired) electrons. The minimum atomic E-state index is -0.373. The van der Waals surface area contributed by atoms with Crippen molar-refractivity contribution in [1.29, 1.82) is 0 Å². The van der Waals surface area contributed by atoms with Gasteiger partial charge in [0.05, 0.1) is 10.3 Å². The third-order valence-electron chi connectivity index (χ3n) is 1.41. The molecule has 1 atom stereocenters. The summed E-state index contributed by atoms with van der Waals surface area (Å²) in [4.78, 5) is 0. The summed E-state index contributed by atoms with van der Waals surface area (Å²) in [7, 11) is 0. The Morgan fingerprint density at radius 2 is 2.40 bits per heavy atom. The Morgan fingerprint density at radius 3 is 3.20 bits per heavy atom. The van der Waals surface area contributed by atoms with E-state index in [2.05, 4.69) is 0 Å². The molecule has 0 aromatic carbocycles. The molecule has 1 aromatic rings. The van der Waals surface area contributed by atoms with Crippen molar-refractivity contribution >= 4 is 23.1 Å². The van der Waals surface area contributed by atoms with Crippen LogP contribution in [0.1, 0.15) is 11.7 Å². The number of rotatable bonds is 0. The average molecular weight is 170 g/mol. The highest BCUT2D eigenvalue weighted by atomic mass is 32.2. The largest absolute Gasteiger partial charge is 0.384 e. The Balaban J connectivity index is 2.48. The van der Waals surface area contributed by atoms with E-state index < -0.39 is 0 Å². The number of aliphatic hydroxyl groups is 1. The third-order valence-corrected chi connectivity index (χ3v) is 3.46. The zero-order chi connectivity index (χ0) is 6.97. The van der Waals surface area contributed by atoms with Crippen molar-refractivity contribution in [2.45, 2.75) is 10.3 Å². The average Bonchev–Trinajstić information content (AvgIpc) is 2.36. The van der Waals surface area contributed by atoms with Gasteiger partial charge in [-0.25, -0.2) is 0 Å². The number of fused-ring (bicyclic) bond motifs is 1. The van der Waals surface area contributed by atoms with E-state index in [1.807, 2.05) is 16.9 Å². The summed E-state index contributed by atoms with van der Waals surface area (Å²) in [5, 5.41) is 13.3. The van der Waals surface area contributed by atoms with Crippen molar-refractivity contribution < 1.29 is 5.11 Å². The maximum absolute atomic E-state index is 9.36. The molecule has 1 aromatic heterocycles. The van der Waals surface area contributed by atoms with Gasteiger partial charge in [0.25, 0.3) is 0 Å². The maximum Gasteiger partial charge on any atom is 0.0999 e. The van der Waals surface area contributed by atoms with Gasteiger partial charge >= 0.3 is 0 Å². The zero-order valence-corrected chi connectivity index (χ0v) is 6.78. The summed E-state index contributed by atoms with van der Waals surface area (Å²) < 4.78 is 1.22. The van der Waals surface area contributed by atoms with E-state index in [0.717, 1.165) is 5.56 Å². The summed E-state index contributed by atoms with van der Waals surface area (Å²) >= 11 is 3.36. The summed E-state index contributed by atoms with van der Waals surface area (Å²) in [6.07, 6.45) is 1.43. The third kappa shape index (κ3) is 0.905. The maximum atomic E-state index is 9.36. The quantitative estimate of drug-likeness (QED) is 0.645. The monoisotopic (exact) mass is 170 g/mol. The summed E-state index contributed by atoms with van der Waals surface area (Å²) in [5.41, 5.74) is 1.05. The van der Waals surface area contributed by atoms with Crippen LogP contribution in [0.2, 0.25) is 0 Å². The van der Waals surface area contributed by atoms with Crippen LogP contribution in [0, 0.1) is 0 Å². The molecule has 0 saturated carbocycles. The predicted octanol–water partition coefficient (Wildman–Crippen LogP) is 2.40. The molecule has 10 heavy (non-hydrogen) atoms. The number of aliphatic hydroxyl groups excluding tert-OH is 1. The van der Waals surface area contributed by atoms with Crippen LogP contribution in [-0.4, -0.2) is 5.11 Å². The fourth-order valence-electron chi connectivity index (χ4n) is 0.900. The van der Waals surface area contributed by atoms with Crippen LogP contribution in [0.4, 0.5) is 0 Å². The van der Waals surface area contributed by atoms with E-state index in [1.54, 1.807) is 29.2 Å². The van der Waals surface area contributed by atoms with Gasteiger partial charge in [0.2, 0.25) is 0 Å². The second kappa shape index (κ2) is 2.42. The van der Waals surface area contributed by atoms with Gasteiger partial charge in [0, 0.05) is 5.56 Å². The van der Waals surface area contributed by atoms with E-state index in [4.69, 9.17) is 0 Å². The van der Waals surface area contributed by atoms with Gasteiger partial charge in [-0.1, -0.05) is 11.8 Å². The van der Waals surface area contributed by atoms with Gasteiger partial charge in [-0.05, 0) is 22.9 Å². The summed E-state index contributed by atoms with van der Waals surface area (Å²) in [6.45, 7) is 0. The highest BCUT2D eigenvalue weighted by Crippen LogP contribution is 2.37. The van der Waals surface area contributed by atoms with Gasteiger partial charge in [-0.15, -0.1) is 11.3 Å². The van der Waals surface area contributed by atoms with Gasteiger partial charge in [0.15, 0.2) is 0 Å². The number of hydrogen-bond donors (Lipinski definition) is 1. The molecular weight excluding hydrogens is 164 g/mol. The topological polar surface area (TPSA) is 20.2 Å². The van der Waals surface area contributed by atoms with Gasteiger partial charge in [-0.3, -0.25) is 0 Å². The highest BCUT2D eigenvalue weighted by Gasteiger charge is 2.13. The molecule has 1 N–H and O–H groups in total. The SMILES string of the molecule is OC1C=CSc2sccc21.